The summed E-state index contributed by atoms with van der Waals surface area (Å²) in [5.41, 5.74) is 4.13. The largest absolute Gasteiger partial charge is 0.350 e. The topological polar surface area (TPSA) is 84.3 Å². The molecule has 0 saturated heterocycles. The van der Waals surface area contributed by atoms with Crippen LogP contribution < -0.4 is 9.62 Å². The predicted octanol–water partition coefficient (Wildman–Crippen LogP) is 4.31. The number of nitrogens with one attached hydrogen (secondary N) is 1. The molecule has 3 aromatic carbocycles. The van der Waals surface area contributed by atoms with E-state index in [2.05, 4.69) is 10.3 Å². The Kier molecular flexibility index (Phi) is 7.02. The van der Waals surface area contributed by atoms with Gasteiger partial charge in [0.1, 0.15) is 12.4 Å². The predicted molar refractivity (Wildman–Crippen MR) is 137 cm³/mol. The third kappa shape index (κ3) is 5.27. The van der Waals surface area contributed by atoms with E-state index in [1.54, 1.807) is 36.5 Å². The van der Waals surface area contributed by atoms with Gasteiger partial charge < -0.3 is 9.88 Å². The van der Waals surface area contributed by atoms with Crippen LogP contribution in [0, 0.1) is 20.8 Å². The van der Waals surface area contributed by atoms with E-state index in [1.807, 2.05) is 61.9 Å². The molecule has 0 spiro atoms. The molecule has 4 aromatic rings. The summed E-state index contributed by atoms with van der Waals surface area (Å²) >= 11 is 0. The standard InChI is InChI=1S/C27H28N4O3S/c1-20-8-7-11-26(21(20)2)31(35(33,34)25-9-5-4-6-10-25)19-27(32)29-18-23-12-14-24(15-13-23)30-17-16-28-22(30)3/h4-17H,18-19H2,1-3H3,(H,29,32). The van der Waals surface area contributed by atoms with Crippen molar-refractivity contribution >= 4 is 21.6 Å². The second kappa shape index (κ2) is 10.1. The van der Waals surface area contributed by atoms with Crippen LogP contribution in [0.2, 0.25) is 0 Å². The Morgan fingerprint density at radius 1 is 0.943 bits per heavy atom. The summed E-state index contributed by atoms with van der Waals surface area (Å²) in [6.07, 6.45) is 3.63. The zero-order valence-corrected chi connectivity index (χ0v) is 20.8. The highest BCUT2D eigenvalue weighted by Gasteiger charge is 2.28. The van der Waals surface area contributed by atoms with E-state index < -0.39 is 10.0 Å². The first kappa shape index (κ1) is 24.2. The van der Waals surface area contributed by atoms with Gasteiger partial charge >= 0.3 is 0 Å². The monoisotopic (exact) mass is 488 g/mol. The van der Waals surface area contributed by atoms with Crippen LogP contribution in [0.3, 0.4) is 0 Å². The zero-order chi connectivity index (χ0) is 25.0. The fourth-order valence-electron chi connectivity index (χ4n) is 3.84. The van der Waals surface area contributed by atoms with Crippen molar-refractivity contribution in [3.63, 3.8) is 0 Å². The molecule has 0 aliphatic carbocycles. The number of hydrogen-bond donors (Lipinski definition) is 1. The van der Waals surface area contributed by atoms with Gasteiger partial charge in [-0.05, 0) is 67.8 Å². The Hall–Kier alpha value is -3.91. The summed E-state index contributed by atoms with van der Waals surface area (Å²) in [7, 11) is -3.94. The molecule has 1 aromatic heterocycles. The molecule has 0 unspecified atom stereocenters. The van der Waals surface area contributed by atoms with Gasteiger partial charge in [-0.1, -0.05) is 42.5 Å². The van der Waals surface area contributed by atoms with Crippen molar-refractivity contribution in [2.45, 2.75) is 32.2 Å². The van der Waals surface area contributed by atoms with Crippen molar-refractivity contribution in [3.8, 4) is 5.69 Å². The maximum Gasteiger partial charge on any atom is 0.264 e. The number of imidazole rings is 1. The van der Waals surface area contributed by atoms with Crippen molar-refractivity contribution < 1.29 is 13.2 Å². The highest BCUT2D eigenvalue weighted by Crippen LogP contribution is 2.28. The summed E-state index contributed by atoms with van der Waals surface area (Å²) < 4.78 is 30.2. The van der Waals surface area contributed by atoms with Crippen molar-refractivity contribution in [1.29, 1.82) is 0 Å². The Labute approximate surface area is 206 Å². The number of nitrogens with zero attached hydrogens (tertiary/aromatic N) is 3. The van der Waals surface area contributed by atoms with Crippen LogP contribution in [0.4, 0.5) is 5.69 Å². The molecular weight excluding hydrogens is 460 g/mol. The number of rotatable bonds is 8. The minimum Gasteiger partial charge on any atom is -0.350 e. The Balaban J connectivity index is 1.53. The second-order valence-electron chi connectivity index (χ2n) is 8.33. The average molecular weight is 489 g/mol. The molecule has 180 valence electrons. The van der Waals surface area contributed by atoms with Crippen LogP contribution in [0.15, 0.2) is 90.1 Å². The van der Waals surface area contributed by atoms with Gasteiger partial charge in [-0.25, -0.2) is 13.4 Å². The maximum atomic E-state index is 13.5. The molecular formula is C27H28N4O3S. The summed E-state index contributed by atoms with van der Waals surface area (Å²) in [4.78, 5) is 17.3. The minimum absolute atomic E-state index is 0.138. The third-order valence-corrected chi connectivity index (χ3v) is 7.77. The number of carbonyl (C=O) groups excluding carboxylic acids is 1. The van der Waals surface area contributed by atoms with Crippen molar-refractivity contribution in [1.82, 2.24) is 14.9 Å². The summed E-state index contributed by atoms with van der Waals surface area (Å²) in [6, 6.07) is 21.4. The fourth-order valence-corrected chi connectivity index (χ4v) is 5.34. The number of carbonyl (C=O) groups is 1. The molecule has 35 heavy (non-hydrogen) atoms. The molecule has 0 atom stereocenters. The molecule has 1 heterocycles. The molecule has 0 bridgehead atoms. The molecule has 0 fully saturated rings. The first-order valence-corrected chi connectivity index (χ1v) is 12.7. The SMILES string of the molecule is Cc1cccc(N(CC(=O)NCc2ccc(-n3ccnc3C)cc2)S(=O)(=O)c2ccccc2)c1C. The Morgan fingerprint density at radius 3 is 2.31 bits per heavy atom. The van der Waals surface area contributed by atoms with Gasteiger partial charge in [-0.15, -0.1) is 0 Å². The van der Waals surface area contributed by atoms with Crippen LogP contribution >= 0.6 is 0 Å². The molecule has 0 radical (unpaired) electrons. The third-order valence-electron chi connectivity index (χ3n) is 5.99. The molecule has 0 aliphatic rings. The number of sulfonamides is 1. The molecule has 0 saturated carbocycles. The number of hydrogen-bond acceptors (Lipinski definition) is 4. The van der Waals surface area contributed by atoms with Crippen LogP contribution in [-0.2, 0) is 21.4 Å². The van der Waals surface area contributed by atoms with E-state index in [9.17, 15) is 13.2 Å². The van der Waals surface area contributed by atoms with Gasteiger partial charge in [0, 0.05) is 24.6 Å². The smallest absolute Gasteiger partial charge is 0.264 e. The molecule has 1 N–H and O–H groups in total. The van der Waals surface area contributed by atoms with Gasteiger partial charge in [0.05, 0.1) is 10.6 Å². The highest BCUT2D eigenvalue weighted by molar-refractivity contribution is 7.92. The summed E-state index contributed by atoms with van der Waals surface area (Å²) in [5.74, 6) is 0.497. The molecule has 4 rings (SSSR count). The number of benzene rings is 3. The van der Waals surface area contributed by atoms with Gasteiger partial charge in [-0.2, -0.15) is 0 Å². The lowest BCUT2D eigenvalue weighted by atomic mass is 10.1. The van der Waals surface area contributed by atoms with Gasteiger partial charge in [0.15, 0.2) is 0 Å². The first-order valence-electron chi connectivity index (χ1n) is 11.3. The number of aromatic nitrogens is 2. The summed E-state index contributed by atoms with van der Waals surface area (Å²) in [5, 5.41) is 2.86. The minimum atomic E-state index is -3.94. The number of aryl methyl sites for hydroxylation is 2. The van der Waals surface area contributed by atoms with Gasteiger partial charge in [0.25, 0.3) is 10.0 Å². The van der Waals surface area contributed by atoms with E-state index in [0.717, 1.165) is 28.2 Å². The maximum absolute atomic E-state index is 13.5. The number of anilines is 1. The lowest BCUT2D eigenvalue weighted by molar-refractivity contribution is -0.119. The normalized spacial score (nSPS) is 11.3. The fraction of sp³-hybridized carbons (Fsp3) is 0.185. The molecule has 1 amide bonds. The number of amides is 1. The van der Waals surface area contributed by atoms with Gasteiger partial charge in [-0.3, -0.25) is 9.10 Å². The van der Waals surface area contributed by atoms with Crippen molar-refractivity contribution in [2.24, 2.45) is 0 Å². The van der Waals surface area contributed by atoms with Crippen LogP contribution in [0.25, 0.3) is 5.69 Å². The van der Waals surface area contributed by atoms with Crippen LogP contribution in [-0.4, -0.2) is 30.4 Å². The lowest BCUT2D eigenvalue weighted by Crippen LogP contribution is -2.41. The Bertz CT molecular complexity index is 1430. The van der Waals surface area contributed by atoms with E-state index in [-0.39, 0.29) is 23.9 Å². The van der Waals surface area contributed by atoms with E-state index in [1.165, 1.54) is 16.4 Å². The molecule has 0 aliphatic heterocycles. The lowest BCUT2D eigenvalue weighted by Gasteiger charge is -2.26. The summed E-state index contributed by atoms with van der Waals surface area (Å²) in [6.45, 7) is 5.67. The van der Waals surface area contributed by atoms with Crippen molar-refractivity contribution in [3.05, 3.63) is 108 Å². The zero-order valence-electron chi connectivity index (χ0n) is 20.0. The van der Waals surface area contributed by atoms with Gasteiger partial charge in [0.2, 0.25) is 5.91 Å². The van der Waals surface area contributed by atoms with Crippen LogP contribution in [0.5, 0.6) is 0 Å². The van der Waals surface area contributed by atoms with Crippen LogP contribution in [0.1, 0.15) is 22.5 Å². The van der Waals surface area contributed by atoms with E-state index in [0.29, 0.717) is 5.69 Å². The Morgan fingerprint density at radius 2 is 1.66 bits per heavy atom. The van der Waals surface area contributed by atoms with E-state index >= 15 is 0 Å². The highest BCUT2D eigenvalue weighted by atomic mass is 32.2. The quantitative estimate of drug-likeness (QED) is 0.401. The average Bonchev–Trinajstić information content (AvgIpc) is 3.30. The molecule has 7 nitrogen and oxygen atoms in total. The van der Waals surface area contributed by atoms with Crippen molar-refractivity contribution in [2.75, 3.05) is 10.8 Å². The molecule has 8 heteroatoms. The second-order valence-corrected chi connectivity index (χ2v) is 10.2. The first-order chi connectivity index (χ1) is 16.8. The van der Waals surface area contributed by atoms with E-state index in [4.69, 9.17) is 0 Å².